The fourth-order valence-corrected chi connectivity index (χ4v) is 1.94. The third-order valence-electron chi connectivity index (χ3n) is 3.45. The number of hydrogen-bond acceptors (Lipinski definition) is 3. The Morgan fingerprint density at radius 1 is 1.55 bits per heavy atom. The van der Waals surface area contributed by atoms with E-state index >= 15 is 0 Å². The molecule has 1 saturated carbocycles. The van der Waals surface area contributed by atoms with Gasteiger partial charge in [-0.3, -0.25) is 4.79 Å². The highest BCUT2D eigenvalue weighted by Crippen LogP contribution is 2.32. The van der Waals surface area contributed by atoms with Crippen LogP contribution in [0.25, 0.3) is 0 Å². The molecule has 0 aromatic carbocycles. The van der Waals surface area contributed by atoms with E-state index in [0.29, 0.717) is 12.3 Å². The quantitative estimate of drug-likeness (QED) is 0.788. The van der Waals surface area contributed by atoms with Gasteiger partial charge in [0.25, 0.3) is 5.56 Å². The summed E-state index contributed by atoms with van der Waals surface area (Å²) in [6, 6.07) is -0.188. The average molecular weight is 319 g/mol. The number of hydrogen-bond donors (Lipinski definition) is 3. The molecule has 122 valence electrons. The molecule has 1 aromatic rings. The largest absolute Gasteiger partial charge is 0.417 e. The second-order valence-electron chi connectivity index (χ2n) is 5.34. The van der Waals surface area contributed by atoms with Crippen LogP contribution in [0.15, 0.2) is 17.1 Å². The number of halogens is 3. The number of carbonyl (C=O) groups is 1. The van der Waals surface area contributed by atoms with Crippen molar-refractivity contribution in [2.75, 3.05) is 18.9 Å². The molecule has 2 rings (SSSR count). The Balaban J connectivity index is 2.05. The number of alkyl halides is 3. The van der Waals surface area contributed by atoms with Crippen molar-refractivity contribution in [3.05, 3.63) is 28.2 Å². The number of aliphatic hydroxyl groups excluding tert-OH is 1. The first-order chi connectivity index (χ1) is 10.2. The summed E-state index contributed by atoms with van der Waals surface area (Å²) in [7, 11) is 1.39. The van der Waals surface area contributed by atoms with Gasteiger partial charge < -0.3 is 20.3 Å². The predicted molar refractivity (Wildman–Crippen MR) is 72.4 cm³/mol. The standard InChI is InChI=1S/C13H16F3N3O3/c1-19(6-10(20)7-2-3-7)12(22)18-9-4-8(13(14,15)16)5-17-11(9)21/h4-5,7,10,20H,2-3,6H2,1H3,(H,17,21)(H,18,22). The molecule has 6 nitrogen and oxygen atoms in total. The molecule has 1 aliphatic carbocycles. The van der Waals surface area contributed by atoms with Crippen LogP contribution in [0.5, 0.6) is 0 Å². The first-order valence-electron chi connectivity index (χ1n) is 6.68. The topological polar surface area (TPSA) is 85.4 Å². The number of amides is 2. The molecule has 0 bridgehead atoms. The van der Waals surface area contributed by atoms with Crippen LogP contribution in [0.3, 0.4) is 0 Å². The van der Waals surface area contributed by atoms with E-state index < -0.39 is 35.1 Å². The van der Waals surface area contributed by atoms with Gasteiger partial charge in [0.1, 0.15) is 5.69 Å². The van der Waals surface area contributed by atoms with Crippen molar-refractivity contribution in [2.24, 2.45) is 5.92 Å². The maximum atomic E-state index is 12.6. The summed E-state index contributed by atoms with van der Waals surface area (Å²) in [4.78, 5) is 26.4. The lowest BCUT2D eigenvalue weighted by atomic mass is 10.2. The normalized spacial score (nSPS) is 16.2. The van der Waals surface area contributed by atoms with Gasteiger partial charge in [-0.05, 0) is 24.8 Å². The van der Waals surface area contributed by atoms with Crippen LogP contribution < -0.4 is 10.9 Å². The van der Waals surface area contributed by atoms with E-state index in [0.717, 1.165) is 17.7 Å². The van der Waals surface area contributed by atoms with Crippen molar-refractivity contribution in [1.82, 2.24) is 9.88 Å². The first kappa shape index (κ1) is 16.3. The second-order valence-corrected chi connectivity index (χ2v) is 5.34. The van der Waals surface area contributed by atoms with E-state index in [9.17, 15) is 27.9 Å². The van der Waals surface area contributed by atoms with Gasteiger partial charge in [0.15, 0.2) is 0 Å². The Hall–Kier alpha value is -2.03. The summed E-state index contributed by atoms with van der Waals surface area (Å²) in [5, 5.41) is 11.9. The van der Waals surface area contributed by atoms with Crippen molar-refractivity contribution in [3.63, 3.8) is 0 Å². The van der Waals surface area contributed by atoms with E-state index in [2.05, 4.69) is 5.32 Å². The lowest BCUT2D eigenvalue weighted by Crippen LogP contribution is -2.39. The van der Waals surface area contributed by atoms with Crippen molar-refractivity contribution in [1.29, 1.82) is 0 Å². The van der Waals surface area contributed by atoms with Crippen LogP contribution in [-0.2, 0) is 6.18 Å². The first-order valence-corrected chi connectivity index (χ1v) is 6.68. The molecule has 0 radical (unpaired) electrons. The van der Waals surface area contributed by atoms with Crippen molar-refractivity contribution in [3.8, 4) is 0 Å². The number of aliphatic hydroxyl groups is 1. The molecule has 1 aromatic heterocycles. The fourth-order valence-electron chi connectivity index (χ4n) is 1.94. The Kier molecular flexibility index (Phi) is 4.45. The van der Waals surface area contributed by atoms with Crippen molar-refractivity contribution < 1.29 is 23.1 Å². The molecule has 9 heteroatoms. The average Bonchev–Trinajstić information content (AvgIpc) is 3.24. The van der Waals surface area contributed by atoms with Crippen LogP contribution in [0, 0.1) is 5.92 Å². The molecule has 1 heterocycles. The second kappa shape index (κ2) is 5.99. The number of anilines is 1. The number of rotatable bonds is 4. The van der Waals surface area contributed by atoms with Crippen LogP contribution in [0.1, 0.15) is 18.4 Å². The summed E-state index contributed by atoms with van der Waals surface area (Å²) in [5.74, 6) is 0.159. The van der Waals surface area contributed by atoms with Gasteiger partial charge in [-0.15, -0.1) is 0 Å². The molecule has 3 N–H and O–H groups in total. The molecule has 22 heavy (non-hydrogen) atoms. The zero-order valence-corrected chi connectivity index (χ0v) is 11.8. The third kappa shape index (κ3) is 4.00. The summed E-state index contributed by atoms with van der Waals surface area (Å²) < 4.78 is 37.8. The monoisotopic (exact) mass is 319 g/mol. The number of nitrogens with one attached hydrogen (secondary N) is 2. The number of pyridine rings is 1. The van der Waals surface area contributed by atoms with Gasteiger partial charge in [0.05, 0.1) is 11.7 Å². The summed E-state index contributed by atoms with van der Waals surface area (Å²) >= 11 is 0. The van der Waals surface area contributed by atoms with Crippen LogP contribution >= 0.6 is 0 Å². The molecule has 0 saturated heterocycles. The zero-order valence-electron chi connectivity index (χ0n) is 11.8. The zero-order chi connectivity index (χ0) is 16.5. The summed E-state index contributed by atoms with van der Waals surface area (Å²) in [5.41, 5.74) is -2.40. The Morgan fingerprint density at radius 3 is 2.73 bits per heavy atom. The molecule has 1 aliphatic rings. The number of likely N-dealkylation sites (N-methyl/N-ethyl adjacent to an activating group) is 1. The summed E-state index contributed by atoms with van der Waals surface area (Å²) in [6.07, 6.45) is -2.97. The molecule has 0 aliphatic heterocycles. The van der Waals surface area contributed by atoms with E-state index in [1.54, 1.807) is 0 Å². The van der Waals surface area contributed by atoms with Gasteiger partial charge in [-0.25, -0.2) is 4.79 Å². The van der Waals surface area contributed by atoms with E-state index in [4.69, 9.17) is 0 Å². The number of H-pyrrole nitrogens is 1. The van der Waals surface area contributed by atoms with Crippen LogP contribution in [0.2, 0.25) is 0 Å². The molecular weight excluding hydrogens is 303 g/mol. The van der Waals surface area contributed by atoms with E-state index in [-0.39, 0.29) is 12.5 Å². The Bertz CT molecular complexity index is 611. The van der Waals surface area contributed by atoms with E-state index in [1.807, 2.05) is 4.98 Å². The van der Waals surface area contributed by atoms with Gasteiger partial charge in [-0.2, -0.15) is 13.2 Å². The lowest BCUT2D eigenvalue weighted by molar-refractivity contribution is -0.137. The fraction of sp³-hybridized carbons (Fsp3) is 0.538. The molecule has 1 fully saturated rings. The predicted octanol–water partition coefficient (Wildman–Crippen LogP) is 1.63. The minimum Gasteiger partial charge on any atom is -0.391 e. The van der Waals surface area contributed by atoms with Crippen LogP contribution in [-0.4, -0.2) is 40.7 Å². The number of aromatic nitrogens is 1. The van der Waals surface area contributed by atoms with Gasteiger partial charge >= 0.3 is 12.2 Å². The highest BCUT2D eigenvalue weighted by atomic mass is 19.4. The lowest BCUT2D eigenvalue weighted by Gasteiger charge is -2.21. The number of nitrogens with zero attached hydrogens (tertiary/aromatic N) is 1. The number of urea groups is 1. The Morgan fingerprint density at radius 2 is 2.18 bits per heavy atom. The van der Waals surface area contributed by atoms with Gasteiger partial charge in [-0.1, -0.05) is 0 Å². The molecule has 0 spiro atoms. The highest BCUT2D eigenvalue weighted by Gasteiger charge is 2.32. The van der Waals surface area contributed by atoms with E-state index in [1.165, 1.54) is 7.05 Å². The van der Waals surface area contributed by atoms with Crippen molar-refractivity contribution >= 4 is 11.7 Å². The molecule has 1 unspecified atom stereocenters. The smallest absolute Gasteiger partial charge is 0.391 e. The molecular formula is C13H16F3N3O3. The maximum absolute atomic E-state index is 12.6. The number of aromatic amines is 1. The Labute approximate surface area is 123 Å². The summed E-state index contributed by atoms with van der Waals surface area (Å²) in [6.45, 7) is 0.0490. The van der Waals surface area contributed by atoms with Crippen LogP contribution in [0.4, 0.5) is 23.7 Å². The SMILES string of the molecule is CN(CC(O)C1CC1)C(=O)Nc1cc(C(F)(F)F)c[nH]c1=O. The minimum atomic E-state index is -4.63. The molecule has 2 amide bonds. The third-order valence-corrected chi connectivity index (χ3v) is 3.45. The van der Waals surface area contributed by atoms with Gasteiger partial charge in [0, 0.05) is 19.8 Å². The molecule has 1 atom stereocenters. The minimum absolute atomic E-state index is 0.0490. The number of carbonyl (C=O) groups excluding carboxylic acids is 1. The van der Waals surface area contributed by atoms with Crippen molar-refractivity contribution in [2.45, 2.75) is 25.1 Å². The maximum Gasteiger partial charge on any atom is 0.417 e. The van der Waals surface area contributed by atoms with Gasteiger partial charge in [0.2, 0.25) is 0 Å². The highest BCUT2D eigenvalue weighted by molar-refractivity contribution is 5.89.